The van der Waals surface area contributed by atoms with Crippen molar-refractivity contribution in [2.75, 3.05) is 12.4 Å². The number of carbonyl (C=O) groups is 2. The quantitative estimate of drug-likeness (QED) is 0.258. The smallest absolute Gasteiger partial charge is 0.410 e. The second kappa shape index (κ2) is 11.6. The Hall–Kier alpha value is -5.23. The van der Waals surface area contributed by atoms with Crippen LogP contribution in [0.25, 0.3) is 27.7 Å². The van der Waals surface area contributed by atoms with Gasteiger partial charge in [-0.25, -0.2) is 14.8 Å². The average molecular weight is 575 g/mol. The molecule has 4 heterocycles. The molecule has 1 N–H and O–H groups in total. The minimum atomic E-state index is -0.815. The molecule has 4 aromatic heterocycles. The summed E-state index contributed by atoms with van der Waals surface area (Å²) in [5.74, 6) is 6.29. The Morgan fingerprint density at radius 2 is 1.81 bits per heavy atom. The number of ether oxygens (including phenoxy) is 1. The van der Waals surface area contributed by atoms with Gasteiger partial charge in [0, 0.05) is 41.6 Å². The van der Waals surface area contributed by atoms with E-state index in [1.165, 1.54) is 11.9 Å². The fraction of sp³-hybridized carbons (Fsp3) is 0.265. The Bertz CT molecular complexity index is 1930. The van der Waals surface area contributed by atoms with Crippen LogP contribution in [0.2, 0.25) is 0 Å². The molecule has 0 fully saturated rings. The molecular weight excluding hydrogens is 540 g/mol. The number of rotatable bonds is 4. The first-order valence-corrected chi connectivity index (χ1v) is 14.0. The molecule has 9 heteroatoms. The van der Waals surface area contributed by atoms with E-state index in [9.17, 15) is 9.59 Å². The van der Waals surface area contributed by atoms with Crippen LogP contribution in [-0.2, 0) is 9.53 Å². The van der Waals surface area contributed by atoms with Crippen LogP contribution >= 0.6 is 0 Å². The number of aromatic nitrogens is 4. The summed E-state index contributed by atoms with van der Waals surface area (Å²) in [6, 6.07) is 16.7. The third-order valence-electron chi connectivity index (χ3n) is 6.93. The van der Waals surface area contributed by atoms with E-state index in [-0.39, 0.29) is 0 Å². The van der Waals surface area contributed by atoms with E-state index in [0.717, 1.165) is 44.6 Å². The zero-order valence-corrected chi connectivity index (χ0v) is 25.4. The van der Waals surface area contributed by atoms with Crippen LogP contribution in [0.15, 0.2) is 67.0 Å². The molecule has 1 unspecified atom stereocenters. The molecule has 5 rings (SSSR count). The molecule has 1 aromatic carbocycles. The number of fused-ring (bicyclic) bond motifs is 2. The standard InChI is InChI=1S/C34H34N6O3/c1-21-20-40-29(9-8-10-31(40)36-21)26-18-27(13-11-24-12-14-28-22(2)35-16-15-25(28)17-24)37-30(19-26)38-32(41)23(3)39(7)33(42)43-34(4,5)6/h8-10,12,14-20,23H,1-7H3,(H,37,38,41). The lowest BCUT2D eigenvalue weighted by atomic mass is 10.1. The number of aryl methyl sites for hydroxylation is 2. The fourth-order valence-corrected chi connectivity index (χ4v) is 4.62. The van der Waals surface area contributed by atoms with Gasteiger partial charge in [0.05, 0.1) is 11.4 Å². The van der Waals surface area contributed by atoms with Crippen LogP contribution in [0, 0.1) is 25.7 Å². The number of hydrogen-bond donors (Lipinski definition) is 1. The van der Waals surface area contributed by atoms with Gasteiger partial charge in [-0.05, 0) is 95.3 Å². The number of imidazole rings is 1. The number of pyridine rings is 3. The molecule has 43 heavy (non-hydrogen) atoms. The van der Waals surface area contributed by atoms with Gasteiger partial charge in [0.15, 0.2) is 0 Å². The van der Waals surface area contributed by atoms with Crippen molar-refractivity contribution in [2.45, 2.75) is 53.2 Å². The van der Waals surface area contributed by atoms with Crippen molar-refractivity contribution in [1.82, 2.24) is 24.3 Å². The summed E-state index contributed by atoms with van der Waals surface area (Å²) in [6.07, 6.45) is 3.15. The summed E-state index contributed by atoms with van der Waals surface area (Å²) in [4.78, 5) is 40.7. The van der Waals surface area contributed by atoms with Gasteiger partial charge >= 0.3 is 6.09 Å². The van der Waals surface area contributed by atoms with Gasteiger partial charge in [-0.1, -0.05) is 18.1 Å². The SMILES string of the molecule is Cc1cn2c(-c3cc(C#Cc4ccc5c(C)nccc5c4)nc(NC(=O)C(C)N(C)C(=O)OC(C)(C)C)c3)cccc2n1. The van der Waals surface area contributed by atoms with Gasteiger partial charge in [-0.3, -0.25) is 19.1 Å². The molecule has 9 nitrogen and oxygen atoms in total. The largest absolute Gasteiger partial charge is 0.444 e. The average Bonchev–Trinajstić information content (AvgIpc) is 3.34. The van der Waals surface area contributed by atoms with Crippen LogP contribution < -0.4 is 5.32 Å². The maximum absolute atomic E-state index is 13.3. The lowest BCUT2D eigenvalue weighted by Crippen LogP contribution is -2.45. The molecule has 0 saturated heterocycles. The summed E-state index contributed by atoms with van der Waals surface area (Å²) in [5, 5.41) is 5.00. The van der Waals surface area contributed by atoms with Crippen molar-refractivity contribution < 1.29 is 14.3 Å². The molecule has 0 saturated carbocycles. The normalized spacial score (nSPS) is 12.0. The van der Waals surface area contributed by atoms with E-state index in [1.54, 1.807) is 40.0 Å². The summed E-state index contributed by atoms with van der Waals surface area (Å²) in [7, 11) is 1.53. The lowest BCUT2D eigenvalue weighted by Gasteiger charge is -2.28. The third-order valence-corrected chi connectivity index (χ3v) is 6.93. The molecule has 0 aliphatic carbocycles. The molecule has 218 valence electrons. The molecule has 0 aliphatic heterocycles. The predicted molar refractivity (Wildman–Crippen MR) is 168 cm³/mol. The van der Waals surface area contributed by atoms with E-state index in [4.69, 9.17) is 4.74 Å². The molecule has 0 bridgehead atoms. The summed E-state index contributed by atoms with van der Waals surface area (Å²) in [5.41, 5.74) is 4.93. The van der Waals surface area contributed by atoms with Gasteiger partial charge < -0.3 is 10.1 Å². The van der Waals surface area contributed by atoms with Crippen LogP contribution in [0.4, 0.5) is 10.6 Å². The third kappa shape index (κ3) is 6.65. The topological polar surface area (TPSA) is 102 Å². The van der Waals surface area contributed by atoms with Gasteiger partial charge in [-0.15, -0.1) is 0 Å². The van der Waals surface area contributed by atoms with Gasteiger partial charge in [0.1, 0.15) is 28.8 Å². The second-order valence-corrected chi connectivity index (χ2v) is 11.5. The number of nitrogens with zero attached hydrogens (tertiary/aromatic N) is 5. The minimum absolute atomic E-state index is 0.310. The number of anilines is 1. The van der Waals surface area contributed by atoms with E-state index in [2.05, 4.69) is 32.1 Å². The first-order valence-electron chi connectivity index (χ1n) is 14.0. The Balaban J connectivity index is 1.51. The highest BCUT2D eigenvalue weighted by atomic mass is 16.6. The Morgan fingerprint density at radius 1 is 1.02 bits per heavy atom. The molecule has 2 amide bonds. The van der Waals surface area contributed by atoms with E-state index in [1.807, 2.05) is 73.0 Å². The monoisotopic (exact) mass is 574 g/mol. The molecule has 5 aromatic rings. The first kappa shape index (κ1) is 29.3. The van der Waals surface area contributed by atoms with Crippen molar-refractivity contribution in [3.8, 4) is 23.1 Å². The van der Waals surface area contributed by atoms with Crippen molar-refractivity contribution in [3.05, 3.63) is 89.6 Å². The van der Waals surface area contributed by atoms with Crippen molar-refractivity contribution >= 4 is 34.2 Å². The molecule has 0 aliphatic rings. The zero-order valence-electron chi connectivity index (χ0n) is 25.4. The fourth-order valence-electron chi connectivity index (χ4n) is 4.62. The highest BCUT2D eigenvalue weighted by molar-refractivity contribution is 5.96. The lowest BCUT2D eigenvalue weighted by molar-refractivity contribution is -0.120. The van der Waals surface area contributed by atoms with Gasteiger partial charge in [0.2, 0.25) is 5.91 Å². The van der Waals surface area contributed by atoms with Crippen LogP contribution in [0.1, 0.15) is 50.3 Å². The molecule has 0 spiro atoms. The molecule has 1 atom stereocenters. The number of benzene rings is 1. The predicted octanol–water partition coefficient (Wildman–Crippen LogP) is 6.16. The Kier molecular flexibility index (Phi) is 7.87. The maximum atomic E-state index is 13.3. The summed E-state index contributed by atoms with van der Waals surface area (Å²) < 4.78 is 7.42. The zero-order chi connectivity index (χ0) is 30.9. The van der Waals surface area contributed by atoms with Crippen molar-refractivity contribution in [1.29, 1.82) is 0 Å². The summed E-state index contributed by atoms with van der Waals surface area (Å²) >= 11 is 0. The number of carbonyl (C=O) groups excluding carboxylic acids is 2. The van der Waals surface area contributed by atoms with Crippen LogP contribution in [0.5, 0.6) is 0 Å². The Morgan fingerprint density at radius 3 is 2.58 bits per heavy atom. The Labute approximate surface area is 250 Å². The van der Waals surface area contributed by atoms with E-state index in [0.29, 0.717) is 11.5 Å². The highest BCUT2D eigenvalue weighted by Gasteiger charge is 2.27. The highest BCUT2D eigenvalue weighted by Crippen LogP contribution is 2.25. The first-order chi connectivity index (χ1) is 20.4. The molecule has 0 radical (unpaired) electrons. The molecular formula is C34H34N6O3. The van der Waals surface area contributed by atoms with Crippen LogP contribution in [0.3, 0.4) is 0 Å². The van der Waals surface area contributed by atoms with Gasteiger partial charge in [-0.2, -0.15) is 0 Å². The van der Waals surface area contributed by atoms with Gasteiger partial charge in [0.25, 0.3) is 0 Å². The van der Waals surface area contributed by atoms with E-state index >= 15 is 0 Å². The second-order valence-electron chi connectivity index (χ2n) is 11.5. The van der Waals surface area contributed by atoms with Crippen molar-refractivity contribution in [3.63, 3.8) is 0 Å². The minimum Gasteiger partial charge on any atom is -0.444 e. The number of likely N-dealkylation sites (N-methyl/N-ethyl adjacent to an activating group) is 1. The maximum Gasteiger partial charge on any atom is 0.410 e. The number of hydrogen-bond acceptors (Lipinski definition) is 6. The summed E-state index contributed by atoms with van der Waals surface area (Å²) in [6.45, 7) is 10.9. The van der Waals surface area contributed by atoms with E-state index < -0.39 is 23.6 Å². The van der Waals surface area contributed by atoms with Crippen LogP contribution in [-0.4, -0.2) is 54.9 Å². The number of nitrogens with one attached hydrogen (secondary N) is 1. The van der Waals surface area contributed by atoms with Crippen molar-refractivity contribution in [2.24, 2.45) is 0 Å². The number of amides is 2.